The number of methoxy groups -OCH3 is 2. The maximum atomic E-state index is 15.3. The number of H-pyrrole nitrogens is 1. The molecule has 0 radical (unpaired) electrons. The standard InChI is InChI=1S/C45H57N5O8/c1-7-41(54)22-27-23-44(40(53)57-6,35-29(14-18-49(24-27)25-41)28-12-9-10-13-32(28)47-35)31-20-30-33(21-34(31)56-5)48(4)37-43(30)16-19-50-17-11-15-42(8-2,36(43)50)38(58-26(3)51)45(37,55)39(46)52/h9-13,15,20-21,27,36-38,47,54-55H,7-8,14,16-19,22-25H2,1-6H3,(H2,46,52)/t27-,36-,37+,38+,41-,42+,43+,44-,45-/m0/s1. The van der Waals surface area contributed by atoms with Crippen LogP contribution >= 0.6 is 0 Å². The third-order valence-electron chi connectivity index (χ3n) is 15.5. The molecule has 13 heteroatoms. The number of piperidine rings is 1. The summed E-state index contributed by atoms with van der Waals surface area (Å²) in [4.78, 5) is 52.6. The Morgan fingerprint density at radius 1 is 1.02 bits per heavy atom. The van der Waals surface area contributed by atoms with E-state index >= 15 is 4.79 Å². The first kappa shape index (κ1) is 39.1. The first-order valence-electron chi connectivity index (χ1n) is 20.9. The number of hydrogen-bond acceptors (Lipinski definition) is 11. The number of nitrogens with one attached hydrogen (secondary N) is 1. The highest BCUT2D eigenvalue weighted by Crippen LogP contribution is 2.68. The summed E-state index contributed by atoms with van der Waals surface area (Å²) in [5, 5.41) is 26.1. The molecule has 2 saturated heterocycles. The van der Waals surface area contributed by atoms with E-state index in [1.54, 1.807) is 7.11 Å². The first-order chi connectivity index (χ1) is 27.7. The molecule has 6 aliphatic rings. The number of aromatic amines is 1. The summed E-state index contributed by atoms with van der Waals surface area (Å²) in [7, 11) is 4.88. The monoisotopic (exact) mass is 795 g/mol. The van der Waals surface area contributed by atoms with Crippen molar-refractivity contribution < 1.29 is 38.8 Å². The third kappa shape index (κ3) is 4.93. The van der Waals surface area contributed by atoms with Gasteiger partial charge in [-0.2, -0.15) is 0 Å². The van der Waals surface area contributed by atoms with Gasteiger partial charge in [0, 0.05) is 90.9 Å². The fourth-order valence-electron chi connectivity index (χ4n) is 13.4. The van der Waals surface area contributed by atoms with E-state index in [-0.39, 0.29) is 12.0 Å². The maximum Gasteiger partial charge on any atom is 0.322 e. The van der Waals surface area contributed by atoms with Gasteiger partial charge in [-0.25, -0.2) is 0 Å². The second kappa shape index (κ2) is 13.3. The number of benzene rings is 2. The Bertz CT molecular complexity index is 2240. The van der Waals surface area contributed by atoms with Gasteiger partial charge in [-0.3, -0.25) is 24.2 Å². The normalized spacial score (nSPS) is 37.4. The van der Waals surface area contributed by atoms with Crippen LogP contribution in [0.5, 0.6) is 5.75 Å². The number of carbonyl (C=O) groups excluding carboxylic acids is 3. The Morgan fingerprint density at radius 2 is 1.79 bits per heavy atom. The molecule has 310 valence electrons. The number of ether oxygens (including phenoxy) is 3. The number of esters is 2. The van der Waals surface area contributed by atoms with E-state index in [0.29, 0.717) is 82.6 Å². The minimum atomic E-state index is -2.31. The number of para-hydroxylation sites is 1. The topological polar surface area (TPSA) is 171 Å². The molecular formula is C45H57N5O8. The molecule has 1 aliphatic carbocycles. The molecule has 1 aromatic heterocycles. The zero-order valence-electron chi connectivity index (χ0n) is 34.5. The molecule has 3 fully saturated rings. The van der Waals surface area contributed by atoms with E-state index in [4.69, 9.17) is 19.9 Å². The summed E-state index contributed by atoms with van der Waals surface area (Å²) < 4.78 is 18.4. The van der Waals surface area contributed by atoms with Gasteiger partial charge < -0.3 is 40.0 Å². The van der Waals surface area contributed by atoms with Gasteiger partial charge in [-0.1, -0.05) is 44.2 Å². The van der Waals surface area contributed by atoms with E-state index in [2.05, 4.69) is 26.9 Å². The lowest BCUT2D eigenvalue weighted by Crippen LogP contribution is -2.82. The molecule has 6 heterocycles. The van der Waals surface area contributed by atoms with Gasteiger partial charge in [0.2, 0.25) is 5.60 Å². The number of nitrogens with zero attached hydrogens (tertiary/aromatic N) is 3. The Hall–Kier alpha value is -4.43. The highest BCUT2D eigenvalue weighted by atomic mass is 16.6. The summed E-state index contributed by atoms with van der Waals surface area (Å²) in [5.41, 5.74) is 4.67. The molecule has 5 N–H and O–H groups in total. The number of carbonyl (C=O) groups is 3. The van der Waals surface area contributed by atoms with E-state index in [9.17, 15) is 19.8 Å². The predicted molar refractivity (Wildman–Crippen MR) is 218 cm³/mol. The number of hydrogen-bond donors (Lipinski definition) is 4. The molecular weight excluding hydrogens is 739 g/mol. The van der Waals surface area contributed by atoms with Crippen LogP contribution in [0.1, 0.15) is 75.3 Å². The predicted octanol–water partition coefficient (Wildman–Crippen LogP) is 3.30. The average molecular weight is 796 g/mol. The van der Waals surface area contributed by atoms with Gasteiger partial charge in [-0.15, -0.1) is 0 Å². The van der Waals surface area contributed by atoms with Crippen LogP contribution in [0.4, 0.5) is 5.69 Å². The Kier molecular flexibility index (Phi) is 8.95. The number of likely N-dealkylation sites (N-methyl/N-ethyl adjacent to an activating group) is 1. The van der Waals surface area contributed by atoms with Crippen LogP contribution < -0.4 is 15.4 Å². The van der Waals surface area contributed by atoms with Crippen molar-refractivity contribution in [2.75, 3.05) is 58.9 Å². The van der Waals surface area contributed by atoms with Crippen molar-refractivity contribution in [2.24, 2.45) is 17.1 Å². The zero-order valence-corrected chi connectivity index (χ0v) is 34.5. The molecule has 1 saturated carbocycles. The zero-order chi connectivity index (χ0) is 41.2. The van der Waals surface area contributed by atoms with Gasteiger partial charge in [0.15, 0.2) is 6.10 Å². The SMILES string of the molecule is CC[C@]1(O)C[C@@H]2CN(CCc3c([nH]c4ccccc34)[C@@](C(=O)OC)(c3cc4c(cc3OC)N(C)[C@H]3[C@@](O)(C(N)=O)[C@H](OC(C)=O)[C@]5(CC)C=CCN6CC[C@]43[C@@H]65)C2)C1. The number of anilines is 1. The summed E-state index contributed by atoms with van der Waals surface area (Å²) in [6.45, 7) is 8.60. The van der Waals surface area contributed by atoms with Crippen LogP contribution in [0.15, 0.2) is 48.6 Å². The largest absolute Gasteiger partial charge is 0.496 e. The van der Waals surface area contributed by atoms with E-state index in [1.165, 1.54) is 14.0 Å². The van der Waals surface area contributed by atoms with Gasteiger partial charge in [0.05, 0.1) is 25.9 Å². The first-order valence-corrected chi connectivity index (χ1v) is 20.9. The molecule has 1 spiro atoms. The molecule has 2 bridgehead atoms. The Labute approximate surface area is 339 Å². The lowest BCUT2D eigenvalue weighted by atomic mass is 9.47. The minimum absolute atomic E-state index is 0.0981. The number of nitrogens with two attached hydrogens (primary N) is 1. The van der Waals surface area contributed by atoms with E-state index < -0.39 is 57.4 Å². The second-order valence-electron chi connectivity index (χ2n) is 18.1. The molecule has 13 nitrogen and oxygen atoms in total. The lowest BCUT2D eigenvalue weighted by Gasteiger charge is -2.63. The summed E-state index contributed by atoms with van der Waals surface area (Å²) in [6, 6.07) is 10.9. The van der Waals surface area contributed by atoms with Gasteiger partial charge >= 0.3 is 11.9 Å². The third-order valence-corrected chi connectivity index (χ3v) is 15.5. The highest BCUT2D eigenvalue weighted by molar-refractivity contribution is 5.95. The van der Waals surface area contributed by atoms with Crippen molar-refractivity contribution in [1.29, 1.82) is 0 Å². The number of fused-ring (bicyclic) bond motifs is 6. The molecule has 1 unspecified atom stereocenters. The molecule has 2 aromatic carbocycles. The fourth-order valence-corrected chi connectivity index (χ4v) is 13.4. The van der Waals surface area contributed by atoms with Crippen LogP contribution in [-0.4, -0.2) is 126 Å². The van der Waals surface area contributed by atoms with Crippen molar-refractivity contribution in [1.82, 2.24) is 14.8 Å². The second-order valence-corrected chi connectivity index (χ2v) is 18.1. The molecule has 58 heavy (non-hydrogen) atoms. The summed E-state index contributed by atoms with van der Waals surface area (Å²) in [6.07, 6.45) is 5.91. The quantitative estimate of drug-likeness (QED) is 0.205. The van der Waals surface area contributed by atoms with Crippen LogP contribution in [-0.2, 0) is 41.1 Å². The van der Waals surface area contributed by atoms with Crippen LogP contribution in [0.25, 0.3) is 10.9 Å². The van der Waals surface area contributed by atoms with Crippen molar-refractivity contribution in [3.05, 3.63) is 70.9 Å². The van der Waals surface area contributed by atoms with Crippen LogP contribution in [0.2, 0.25) is 0 Å². The fraction of sp³-hybridized carbons (Fsp3) is 0.578. The van der Waals surface area contributed by atoms with Crippen molar-refractivity contribution in [2.45, 2.75) is 99.5 Å². The van der Waals surface area contributed by atoms with Crippen molar-refractivity contribution >= 4 is 34.4 Å². The van der Waals surface area contributed by atoms with Gasteiger partial charge in [0.1, 0.15) is 11.2 Å². The molecule has 5 aliphatic heterocycles. The molecule has 3 aromatic rings. The lowest BCUT2D eigenvalue weighted by molar-refractivity contribution is -0.216. The maximum absolute atomic E-state index is 15.3. The summed E-state index contributed by atoms with van der Waals surface area (Å²) in [5.74, 6) is -1.66. The van der Waals surface area contributed by atoms with Crippen LogP contribution in [0.3, 0.4) is 0 Å². The van der Waals surface area contributed by atoms with Crippen molar-refractivity contribution in [3.63, 3.8) is 0 Å². The number of rotatable bonds is 7. The number of primary amides is 1. The van der Waals surface area contributed by atoms with Gasteiger partial charge in [-0.05, 0) is 74.2 Å². The number of aliphatic hydroxyl groups is 2. The minimum Gasteiger partial charge on any atom is -0.496 e. The molecule has 10 atom stereocenters. The average Bonchev–Trinajstić information content (AvgIpc) is 3.87. The van der Waals surface area contributed by atoms with Gasteiger partial charge in [0.25, 0.3) is 5.91 Å². The Morgan fingerprint density at radius 3 is 2.48 bits per heavy atom. The Balaban J connectivity index is 1.36. The number of amides is 1. The molecule has 1 amide bonds. The van der Waals surface area contributed by atoms with Crippen LogP contribution in [0, 0.1) is 11.3 Å². The number of aromatic nitrogens is 1. The summed E-state index contributed by atoms with van der Waals surface area (Å²) >= 11 is 0. The highest BCUT2D eigenvalue weighted by Gasteiger charge is 2.79. The van der Waals surface area contributed by atoms with E-state index in [0.717, 1.165) is 33.4 Å². The van der Waals surface area contributed by atoms with Crippen molar-refractivity contribution in [3.8, 4) is 5.75 Å². The smallest absolute Gasteiger partial charge is 0.322 e. The molecule has 9 rings (SSSR count). The van der Waals surface area contributed by atoms with E-state index in [1.807, 2.05) is 62.2 Å².